The van der Waals surface area contributed by atoms with Gasteiger partial charge in [0.2, 0.25) is 5.91 Å². The van der Waals surface area contributed by atoms with Gasteiger partial charge in [0.1, 0.15) is 30.5 Å². The summed E-state index contributed by atoms with van der Waals surface area (Å²) in [6.07, 6.45) is 2.06. The van der Waals surface area contributed by atoms with Crippen LogP contribution in [0.1, 0.15) is 32.1 Å². The number of thiazole rings is 1. The molecule has 10 nitrogen and oxygen atoms in total. The zero-order valence-corrected chi connectivity index (χ0v) is 19.1. The first kappa shape index (κ1) is 23.5. The van der Waals surface area contributed by atoms with E-state index in [4.69, 9.17) is 13.9 Å². The van der Waals surface area contributed by atoms with Crippen LogP contribution >= 0.6 is 11.3 Å². The third-order valence-corrected chi connectivity index (χ3v) is 6.25. The van der Waals surface area contributed by atoms with Gasteiger partial charge in [0.25, 0.3) is 5.91 Å². The lowest BCUT2D eigenvalue weighted by Crippen LogP contribution is -2.40. The van der Waals surface area contributed by atoms with Crippen LogP contribution in [-0.4, -0.2) is 54.1 Å². The number of hydrogen-bond donors (Lipinski definition) is 3. The average molecular weight is 486 g/mol. The average Bonchev–Trinajstić information content (AvgIpc) is 3.51. The van der Waals surface area contributed by atoms with Crippen LogP contribution in [0.5, 0.6) is 11.5 Å². The highest BCUT2D eigenvalue weighted by atomic mass is 32.1. The molecule has 34 heavy (non-hydrogen) atoms. The number of ketones is 1. The Hall–Kier alpha value is -3.70. The van der Waals surface area contributed by atoms with E-state index < -0.39 is 17.9 Å². The molecule has 0 bridgehead atoms. The number of aromatic nitrogens is 1. The van der Waals surface area contributed by atoms with Gasteiger partial charge in [0.15, 0.2) is 10.9 Å². The molecule has 3 N–H and O–H groups in total. The second kappa shape index (κ2) is 10.5. The van der Waals surface area contributed by atoms with Gasteiger partial charge in [-0.2, -0.15) is 0 Å². The molecule has 3 aromatic rings. The number of ether oxygens (including phenoxy) is 2. The van der Waals surface area contributed by atoms with Gasteiger partial charge in [0.05, 0.1) is 35.4 Å². The van der Waals surface area contributed by atoms with Crippen LogP contribution in [0.15, 0.2) is 47.3 Å². The fourth-order valence-electron chi connectivity index (χ4n) is 3.44. The summed E-state index contributed by atoms with van der Waals surface area (Å²) in [6.45, 7) is -0.0452. The molecule has 2 amide bonds. The van der Waals surface area contributed by atoms with Gasteiger partial charge in [-0.25, -0.2) is 4.98 Å². The van der Waals surface area contributed by atoms with E-state index in [9.17, 15) is 19.5 Å². The van der Waals surface area contributed by atoms with Gasteiger partial charge < -0.3 is 24.3 Å². The van der Waals surface area contributed by atoms with E-state index in [1.807, 2.05) is 0 Å². The molecule has 11 heteroatoms. The molecule has 0 saturated heterocycles. The molecule has 2 atom stereocenters. The van der Waals surface area contributed by atoms with Crippen molar-refractivity contribution in [3.05, 3.63) is 59.0 Å². The molecular formula is C23H23N3O7S. The van der Waals surface area contributed by atoms with E-state index in [0.717, 1.165) is 11.3 Å². The largest absolute Gasteiger partial charge is 0.497 e. The van der Waals surface area contributed by atoms with Gasteiger partial charge in [-0.1, -0.05) is 17.4 Å². The summed E-state index contributed by atoms with van der Waals surface area (Å²) >= 11 is 1.09. The summed E-state index contributed by atoms with van der Waals surface area (Å²) in [5, 5.41) is 15.8. The van der Waals surface area contributed by atoms with E-state index in [0.29, 0.717) is 27.6 Å². The number of furan rings is 1. The molecular weight excluding hydrogens is 462 g/mol. The first-order valence-electron chi connectivity index (χ1n) is 10.5. The van der Waals surface area contributed by atoms with Crippen molar-refractivity contribution >= 4 is 34.1 Å². The van der Waals surface area contributed by atoms with Crippen LogP contribution in [0.4, 0.5) is 5.13 Å². The Bertz CT molecular complexity index is 1180. The molecule has 1 aliphatic carbocycles. The second-order valence-corrected chi connectivity index (χ2v) is 8.68. The van der Waals surface area contributed by atoms with E-state index >= 15 is 0 Å². The number of carbonyl (C=O) groups excluding carboxylic acids is 3. The van der Waals surface area contributed by atoms with E-state index in [1.165, 1.54) is 18.6 Å². The Labute approximate surface area is 198 Å². The van der Waals surface area contributed by atoms with Crippen LogP contribution < -0.4 is 20.1 Å². The lowest BCUT2D eigenvalue weighted by molar-refractivity contribution is -0.125. The predicted octanol–water partition coefficient (Wildman–Crippen LogP) is 2.30. The summed E-state index contributed by atoms with van der Waals surface area (Å²) < 4.78 is 15.5. The van der Waals surface area contributed by atoms with Gasteiger partial charge in [0, 0.05) is 25.5 Å². The number of benzene rings is 1. The van der Waals surface area contributed by atoms with Crippen molar-refractivity contribution < 1.29 is 33.4 Å². The molecule has 0 fully saturated rings. The highest BCUT2D eigenvalue weighted by Gasteiger charge is 2.33. The zero-order valence-electron chi connectivity index (χ0n) is 18.3. The maximum atomic E-state index is 12.6. The van der Waals surface area contributed by atoms with Crippen LogP contribution in [0.25, 0.3) is 0 Å². The topological polar surface area (TPSA) is 140 Å². The lowest BCUT2D eigenvalue weighted by atomic mass is 9.89. The Morgan fingerprint density at radius 1 is 1.29 bits per heavy atom. The molecule has 0 spiro atoms. The molecule has 0 radical (unpaired) electrons. The third-order valence-electron chi connectivity index (χ3n) is 5.19. The van der Waals surface area contributed by atoms with Crippen LogP contribution in [0, 0.1) is 5.92 Å². The first-order valence-corrected chi connectivity index (χ1v) is 11.3. The summed E-state index contributed by atoms with van der Waals surface area (Å²) in [6, 6.07) is 8.49. The molecule has 178 valence electrons. The highest BCUT2D eigenvalue weighted by Crippen LogP contribution is 2.32. The number of hydrogen-bond acceptors (Lipinski definition) is 9. The Balaban J connectivity index is 1.28. The maximum Gasteiger partial charge on any atom is 0.260 e. The minimum Gasteiger partial charge on any atom is -0.497 e. The number of nitrogens with one attached hydrogen (secondary N) is 2. The monoisotopic (exact) mass is 485 g/mol. The Morgan fingerprint density at radius 2 is 2.12 bits per heavy atom. The number of fused-ring (bicyclic) bond motifs is 1. The van der Waals surface area contributed by atoms with E-state index in [-0.39, 0.29) is 42.8 Å². The normalized spacial score (nSPS) is 15.8. The van der Waals surface area contributed by atoms with Gasteiger partial charge in [-0.15, -0.1) is 0 Å². The number of aliphatic hydroxyl groups is 1. The molecule has 0 aliphatic heterocycles. The number of aliphatic hydroxyl groups excluding tert-OH is 1. The Kier molecular flexibility index (Phi) is 7.24. The zero-order chi connectivity index (χ0) is 24.1. The fourth-order valence-corrected chi connectivity index (χ4v) is 4.37. The third kappa shape index (κ3) is 5.61. The molecule has 1 aliphatic rings. The number of methoxy groups -OCH3 is 1. The minimum absolute atomic E-state index is 0.0208. The second-order valence-electron chi connectivity index (χ2n) is 7.68. The summed E-state index contributed by atoms with van der Waals surface area (Å²) in [4.78, 5) is 42.1. The van der Waals surface area contributed by atoms with Crippen molar-refractivity contribution in [2.45, 2.75) is 18.9 Å². The standard InChI is InChI=1S/C23H23N3O7S/c1-31-16-3-2-4-17(9-16)33-12-15(27)10-24-21(29)14-7-18-20(19(28)8-14)34-23(25-18)26-22(30)13-5-6-32-11-13/h2-6,9,11,14-15,27H,7-8,10,12H2,1H3,(H,24,29)(H,25,26,30)/t14-,15-/m1/s1. The van der Waals surface area contributed by atoms with Crippen molar-refractivity contribution in [1.29, 1.82) is 0 Å². The Morgan fingerprint density at radius 3 is 2.88 bits per heavy atom. The fraction of sp³-hybridized carbons (Fsp3) is 0.304. The van der Waals surface area contributed by atoms with Gasteiger partial charge >= 0.3 is 0 Å². The predicted molar refractivity (Wildman–Crippen MR) is 122 cm³/mol. The quantitative estimate of drug-likeness (QED) is 0.419. The molecule has 2 heterocycles. The van der Waals surface area contributed by atoms with Crippen LogP contribution in [-0.2, 0) is 11.2 Å². The van der Waals surface area contributed by atoms with E-state index in [2.05, 4.69) is 15.6 Å². The summed E-state index contributed by atoms with van der Waals surface area (Å²) in [5.41, 5.74) is 0.816. The summed E-state index contributed by atoms with van der Waals surface area (Å²) in [5.74, 6) is -0.388. The highest BCUT2D eigenvalue weighted by molar-refractivity contribution is 7.17. The van der Waals surface area contributed by atoms with Gasteiger partial charge in [-0.05, 0) is 18.2 Å². The summed E-state index contributed by atoms with van der Waals surface area (Å²) in [7, 11) is 1.55. The number of Topliss-reactive ketones (excluding diaryl/α,β-unsaturated/α-hetero) is 1. The molecule has 2 aromatic heterocycles. The van der Waals surface area contributed by atoms with Crippen molar-refractivity contribution in [2.24, 2.45) is 5.92 Å². The van der Waals surface area contributed by atoms with Crippen molar-refractivity contribution in [2.75, 3.05) is 25.6 Å². The smallest absolute Gasteiger partial charge is 0.260 e. The lowest BCUT2D eigenvalue weighted by Gasteiger charge is -2.20. The number of anilines is 1. The first-order chi connectivity index (χ1) is 16.4. The number of nitrogens with zero attached hydrogens (tertiary/aromatic N) is 1. The SMILES string of the molecule is COc1cccc(OC[C@H](O)CNC(=O)[C@H]2CC(=O)c3sc(NC(=O)c4ccoc4)nc3C2)c1. The van der Waals surface area contributed by atoms with Crippen LogP contribution in [0.2, 0.25) is 0 Å². The van der Waals surface area contributed by atoms with Crippen molar-refractivity contribution in [3.63, 3.8) is 0 Å². The minimum atomic E-state index is -0.936. The number of carbonyl (C=O) groups is 3. The van der Waals surface area contributed by atoms with Crippen LogP contribution in [0.3, 0.4) is 0 Å². The van der Waals surface area contributed by atoms with Gasteiger partial charge in [-0.3, -0.25) is 19.7 Å². The molecule has 0 unspecified atom stereocenters. The van der Waals surface area contributed by atoms with E-state index in [1.54, 1.807) is 31.4 Å². The van der Waals surface area contributed by atoms with Crippen molar-refractivity contribution in [1.82, 2.24) is 10.3 Å². The number of amides is 2. The van der Waals surface area contributed by atoms with Crippen molar-refractivity contribution in [3.8, 4) is 11.5 Å². The maximum absolute atomic E-state index is 12.6. The number of rotatable bonds is 9. The molecule has 4 rings (SSSR count). The molecule has 1 aromatic carbocycles. The molecule has 0 saturated carbocycles.